The Morgan fingerprint density at radius 3 is 2.31 bits per heavy atom. The quantitative estimate of drug-likeness (QED) is 0.465. The molecule has 1 aromatic rings. The van der Waals surface area contributed by atoms with Crippen molar-refractivity contribution in [2.45, 2.75) is 44.7 Å². The van der Waals surface area contributed by atoms with Crippen LogP contribution in [0.15, 0.2) is 30.3 Å². The number of hydrogen-bond donors (Lipinski definition) is 0. The van der Waals surface area contributed by atoms with Gasteiger partial charge in [-0.3, -0.25) is 0 Å². The highest BCUT2D eigenvalue weighted by atomic mass is 31.1. The Hall–Kier alpha value is -0.350. The van der Waals surface area contributed by atoms with Crippen molar-refractivity contribution in [2.24, 2.45) is 0 Å². The fourth-order valence-corrected chi connectivity index (χ4v) is 3.33. The van der Waals surface area contributed by atoms with Crippen molar-refractivity contribution in [2.75, 3.05) is 13.3 Å². The summed E-state index contributed by atoms with van der Waals surface area (Å²) in [6.45, 7) is 7.14. The summed E-state index contributed by atoms with van der Waals surface area (Å²) in [6.07, 6.45) is 6.84. The lowest BCUT2D eigenvalue weighted by molar-refractivity contribution is 0.638. The van der Waals surface area contributed by atoms with Gasteiger partial charge in [0.05, 0.1) is 0 Å². The van der Waals surface area contributed by atoms with E-state index < -0.39 is 0 Å². The van der Waals surface area contributed by atoms with Crippen LogP contribution in [0.4, 0.5) is 0 Å². The Bertz CT molecular complexity index is 266. The SMILES string of the molecule is CCCCCC(Cc1ccccc1)P(C)C. The molecule has 0 saturated carbocycles. The minimum absolute atomic E-state index is 0.196. The van der Waals surface area contributed by atoms with Crippen LogP contribution in [0.5, 0.6) is 0 Å². The Morgan fingerprint density at radius 1 is 1.06 bits per heavy atom. The van der Waals surface area contributed by atoms with Gasteiger partial charge in [0.1, 0.15) is 0 Å². The molecule has 0 aliphatic heterocycles. The highest BCUT2D eigenvalue weighted by Gasteiger charge is 2.12. The van der Waals surface area contributed by atoms with E-state index in [-0.39, 0.29) is 7.92 Å². The largest absolute Gasteiger partial charge is 0.110 e. The molecule has 1 aromatic carbocycles. The van der Waals surface area contributed by atoms with Gasteiger partial charge in [-0.1, -0.05) is 56.5 Å². The average molecular weight is 236 g/mol. The van der Waals surface area contributed by atoms with Gasteiger partial charge >= 0.3 is 0 Å². The third-order valence-electron chi connectivity index (χ3n) is 3.19. The summed E-state index contributed by atoms with van der Waals surface area (Å²) in [7, 11) is 0.196. The fraction of sp³-hybridized carbons (Fsp3) is 0.600. The molecule has 0 amide bonds. The third kappa shape index (κ3) is 5.12. The van der Waals surface area contributed by atoms with Crippen LogP contribution < -0.4 is 0 Å². The van der Waals surface area contributed by atoms with E-state index in [0.717, 1.165) is 5.66 Å². The van der Waals surface area contributed by atoms with Crippen LogP contribution in [0.3, 0.4) is 0 Å². The van der Waals surface area contributed by atoms with Gasteiger partial charge in [-0.15, -0.1) is 7.92 Å². The van der Waals surface area contributed by atoms with Gasteiger partial charge in [-0.05, 0) is 37.4 Å². The number of benzene rings is 1. The summed E-state index contributed by atoms with van der Waals surface area (Å²) in [4.78, 5) is 0. The van der Waals surface area contributed by atoms with E-state index in [9.17, 15) is 0 Å². The van der Waals surface area contributed by atoms with Gasteiger partial charge < -0.3 is 0 Å². The number of hydrogen-bond acceptors (Lipinski definition) is 0. The summed E-state index contributed by atoms with van der Waals surface area (Å²) in [5, 5.41) is 0. The lowest BCUT2D eigenvalue weighted by atomic mass is 10.1. The molecule has 0 aromatic heterocycles. The fourth-order valence-electron chi connectivity index (χ4n) is 2.06. The van der Waals surface area contributed by atoms with Gasteiger partial charge in [0.2, 0.25) is 0 Å². The van der Waals surface area contributed by atoms with Crippen LogP contribution in [-0.4, -0.2) is 19.0 Å². The molecule has 16 heavy (non-hydrogen) atoms. The summed E-state index contributed by atoms with van der Waals surface area (Å²) in [5.74, 6) is 0. The first-order chi connectivity index (χ1) is 7.74. The van der Waals surface area contributed by atoms with Crippen LogP contribution in [0.1, 0.15) is 38.2 Å². The van der Waals surface area contributed by atoms with E-state index >= 15 is 0 Å². The van der Waals surface area contributed by atoms with E-state index in [2.05, 4.69) is 50.6 Å². The average Bonchev–Trinajstić information content (AvgIpc) is 2.29. The highest BCUT2D eigenvalue weighted by Crippen LogP contribution is 2.37. The monoisotopic (exact) mass is 236 g/mol. The molecule has 90 valence electrons. The summed E-state index contributed by atoms with van der Waals surface area (Å²) >= 11 is 0. The molecular formula is C15H25P. The van der Waals surface area contributed by atoms with E-state index in [4.69, 9.17) is 0 Å². The molecule has 0 spiro atoms. The molecule has 0 aliphatic carbocycles. The Kier molecular flexibility index (Phi) is 6.73. The third-order valence-corrected chi connectivity index (χ3v) is 5.09. The van der Waals surface area contributed by atoms with Crippen molar-refractivity contribution in [3.63, 3.8) is 0 Å². The maximum atomic E-state index is 2.43. The lowest BCUT2D eigenvalue weighted by Crippen LogP contribution is -2.08. The molecule has 1 heteroatoms. The van der Waals surface area contributed by atoms with E-state index in [1.165, 1.54) is 37.7 Å². The van der Waals surface area contributed by atoms with E-state index in [1.54, 1.807) is 0 Å². The second-order valence-electron chi connectivity index (χ2n) is 4.80. The summed E-state index contributed by atoms with van der Waals surface area (Å²) in [5.41, 5.74) is 2.43. The van der Waals surface area contributed by atoms with Crippen molar-refractivity contribution in [1.82, 2.24) is 0 Å². The van der Waals surface area contributed by atoms with Crippen molar-refractivity contribution in [3.8, 4) is 0 Å². The minimum Gasteiger partial charge on any atom is -0.110 e. The van der Waals surface area contributed by atoms with E-state index in [0.29, 0.717) is 0 Å². The first kappa shape index (κ1) is 13.7. The molecule has 0 heterocycles. The zero-order valence-electron chi connectivity index (χ0n) is 10.9. The molecule has 1 rings (SSSR count). The Morgan fingerprint density at radius 2 is 1.75 bits per heavy atom. The molecule has 0 saturated heterocycles. The Balaban J connectivity index is 2.45. The predicted molar refractivity (Wildman–Crippen MR) is 76.8 cm³/mol. The van der Waals surface area contributed by atoms with Crippen LogP contribution >= 0.6 is 7.92 Å². The summed E-state index contributed by atoms with van der Waals surface area (Å²) in [6, 6.07) is 11.0. The highest BCUT2D eigenvalue weighted by molar-refractivity contribution is 7.56. The molecule has 0 aliphatic rings. The maximum absolute atomic E-state index is 2.43. The van der Waals surface area contributed by atoms with Gasteiger partial charge in [-0.2, -0.15) is 0 Å². The smallest absolute Gasteiger partial charge is 0.0174 e. The minimum atomic E-state index is 0.196. The Labute approximate surface area is 102 Å². The van der Waals surface area contributed by atoms with Crippen LogP contribution in [0.25, 0.3) is 0 Å². The number of unbranched alkanes of at least 4 members (excludes halogenated alkanes) is 2. The van der Waals surface area contributed by atoms with Gasteiger partial charge in [0.15, 0.2) is 0 Å². The maximum Gasteiger partial charge on any atom is -0.0174 e. The van der Waals surface area contributed by atoms with Crippen molar-refractivity contribution < 1.29 is 0 Å². The van der Waals surface area contributed by atoms with Gasteiger partial charge in [0.25, 0.3) is 0 Å². The van der Waals surface area contributed by atoms with Crippen LogP contribution in [0, 0.1) is 0 Å². The second kappa shape index (κ2) is 7.85. The molecule has 0 radical (unpaired) electrons. The van der Waals surface area contributed by atoms with Gasteiger partial charge in [0, 0.05) is 0 Å². The first-order valence-electron chi connectivity index (χ1n) is 6.44. The van der Waals surface area contributed by atoms with Crippen molar-refractivity contribution >= 4 is 7.92 Å². The molecule has 0 bridgehead atoms. The van der Waals surface area contributed by atoms with E-state index in [1.807, 2.05) is 0 Å². The molecule has 0 nitrogen and oxygen atoms in total. The van der Waals surface area contributed by atoms with Crippen molar-refractivity contribution in [1.29, 1.82) is 0 Å². The molecule has 0 N–H and O–H groups in total. The molecular weight excluding hydrogens is 211 g/mol. The van der Waals surface area contributed by atoms with Crippen LogP contribution in [-0.2, 0) is 6.42 Å². The summed E-state index contributed by atoms with van der Waals surface area (Å²) < 4.78 is 0. The first-order valence-corrected chi connectivity index (χ1v) is 8.75. The lowest BCUT2D eigenvalue weighted by Gasteiger charge is -2.21. The molecule has 1 atom stereocenters. The zero-order chi connectivity index (χ0) is 11.8. The standard InChI is InChI=1S/C15H25P/c1-4-5-7-12-15(16(2)3)13-14-10-8-6-9-11-14/h6,8-11,15H,4-5,7,12-13H2,1-3H3. The normalized spacial score (nSPS) is 13.0. The predicted octanol–water partition coefficient (Wildman–Crippen LogP) is 4.92. The number of rotatable bonds is 7. The molecule has 1 unspecified atom stereocenters. The topological polar surface area (TPSA) is 0 Å². The van der Waals surface area contributed by atoms with Crippen molar-refractivity contribution in [3.05, 3.63) is 35.9 Å². The van der Waals surface area contributed by atoms with Gasteiger partial charge in [-0.25, -0.2) is 0 Å². The van der Waals surface area contributed by atoms with Crippen LogP contribution in [0.2, 0.25) is 0 Å². The zero-order valence-corrected chi connectivity index (χ0v) is 11.8. The second-order valence-corrected chi connectivity index (χ2v) is 7.46. The molecule has 0 fully saturated rings.